The quantitative estimate of drug-likeness (QED) is 0.509. The highest BCUT2D eigenvalue weighted by Gasteiger charge is 2.32. The molecule has 5 nitrogen and oxygen atoms in total. The number of hydrogen-bond donors (Lipinski definition) is 1. The number of fused-ring (bicyclic) bond motifs is 1. The molecule has 3 aromatic rings. The zero-order valence-electron chi connectivity index (χ0n) is 16.3. The van der Waals surface area contributed by atoms with Gasteiger partial charge in [-0.3, -0.25) is 14.4 Å². The number of hydrogen-bond acceptors (Lipinski definition) is 4. The van der Waals surface area contributed by atoms with E-state index in [9.17, 15) is 14.4 Å². The molecule has 0 unspecified atom stereocenters. The Morgan fingerprint density at radius 2 is 1.47 bits per heavy atom. The number of amides is 1. The van der Waals surface area contributed by atoms with Gasteiger partial charge in [-0.15, -0.1) is 0 Å². The van der Waals surface area contributed by atoms with Crippen LogP contribution in [-0.4, -0.2) is 24.1 Å². The maximum Gasteiger partial charge on any atom is 0.262 e. The van der Waals surface area contributed by atoms with Crippen molar-refractivity contribution in [3.8, 4) is 5.75 Å². The first kappa shape index (κ1) is 19.3. The fourth-order valence-corrected chi connectivity index (χ4v) is 3.28. The fourth-order valence-electron chi connectivity index (χ4n) is 3.28. The number of ether oxygens (including phenoxy) is 1. The maximum atomic E-state index is 12.5. The van der Waals surface area contributed by atoms with Gasteiger partial charge < -0.3 is 10.1 Å². The molecule has 0 bridgehead atoms. The summed E-state index contributed by atoms with van der Waals surface area (Å²) in [6.07, 6.45) is 1.58. The largest absolute Gasteiger partial charge is 0.484 e. The minimum absolute atomic E-state index is 0.124. The Morgan fingerprint density at radius 3 is 2.10 bits per heavy atom. The molecule has 0 atom stereocenters. The number of carbonyl (C=O) groups excluding carboxylic acids is 3. The molecule has 0 aliphatic heterocycles. The first-order valence-electron chi connectivity index (χ1n) is 9.51. The molecule has 5 heteroatoms. The number of ketones is 2. The van der Waals surface area contributed by atoms with E-state index < -0.39 is 0 Å². The molecule has 3 aromatic carbocycles. The van der Waals surface area contributed by atoms with E-state index in [0.717, 1.165) is 11.3 Å². The van der Waals surface area contributed by atoms with Crippen LogP contribution < -0.4 is 10.1 Å². The third-order valence-electron chi connectivity index (χ3n) is 4.89. The molecular formula is C25H19NO4. The highest BCUT2D eigenvalue weighted by Crippen LogP contribution is 2.28. The Balaban J connectivity index is 1.40. The van der Waals surface area contributed by atoms with Gasteiger partial charge in [-0.1, -0.05) is 54.6 Å². The van der Waals surface area contributed by atoms with Gasteiger partial charge in [-0.25, -0.2) is 0 Å². The second-order valence-electron chi connectivity index (χ2n) is 6.98. The Hall–Kier alpha value is -3.99. The summed E-state index contributed by atoms with van der Waals surface area (Å²) in [5, 5.41) is 2.81. The first-order chi connectivity index (χ1) is 14.5. The molecule has 1 aliphatic carbocycles. The topological polar surface area (TPSA) is 72.5 Å². The molecule has 0 saturated carbocycles. The average molecular weight is 397 g/mol. The van der Waals surface area contributed by atoms with E-state index >= 15 is 0 Å². The zero-order chi connectivity index (χ0) is 21.1. The zero-order valence-corrected chi connectivity index (χ0v) is 16.3. The van der Waals surface area contributed by atoms with Crippen molar-refractivity contribution in [3.63, 3.8) is 0 Å². The third kappa shape index (κ3) is 3.91. The number of para-hydroxylation sites is 1. The monoisotopic (exact) mass is 397 g/mol. The summed E-state index contributed by atoms with van der Waals surface area (Å²) in [4.78, 5) is 37.0. The molecule has 0 radical (unpaired) electrons. The van der Waals surface area contributed by atoms with E-state index in [1.165, 1.54) is 0 Å². The van der Waals surface area contributed by atoms with Crippen molar-refractivity contribution in [2.24, 2.45) is 0 Å². The number of Topliss-reactive ketones (excluding diaryl/α,β-unsaturated/α-hetero) is 2. The molecule has 30 heavy (non-hydrogen) atoms. The molecule has 0 fully saturated rings. The van der Waals surface area contributed by atoms with Crippen LogP contribution in [0.3, 0.4) is 0 Å². The predicted octanol–water partition coefficient (Wildman–Crippen LogP) is 4.48. The molecule has 0 heterocycles. The predicted molar refractivity (Wildman–Crippen MR) is 115 cm³/mol. The fraction of sp³-hybridized carbons (Fsp3) is 0.0800. The van der Waals surface area contributed by atoms with Crippen molar-refractivity contribution in [3.05, 3.63) is 101 Å². The normalized spacial score (nSPS) is 12.5. The second kappa shape index (κ2) is 8.17. The van der Waals surface area contributed by atoms with Crippen LogP contribution in [0.2, 0.25) is 0 Å². The molecule has 1 N–H and O–H groups in total. The van der Waals surface area contributed by atoms with Crippen molar-refractivity contribution in [1.82, 2.24) is 0 Å². The van der Waals surface area contributed by atoms with Crippen molar-refractivity contribution < 1.29 is 19.1 Å². The molecule has 0 spiro atoms. The highest BCUT2D eigenvalue weighted by atomic mass is 16.5. The van der Waals surface area contributed by atoms with Gasteiger partial charge in [0.05, 0.1) is 5.57 Å². The molecule has 0 saturated heterocycles. The van der Waals surface area contributed by atoms with Gasteiger partial charge in [0.1, 0.15) is 5.75 Å². The van der Waals surface area contributed by atoms with Crippen LogP contribution in [0.1, 0.15) is 31.8 Å². The van der Waals surface area contributed by atoms with Gasteiger partial charge in [-0.2, -0.15) is 0 Å². The van der Waals surface area contributed by atoms with Gasteiger partial charge in [0.2, 0.25) is 0 Å². The average Bonchev–Trinajstić information content (AvgIpc) is 3.00. The number of allylic oxidation sites excluding steroid dienone is 1. The van der Waals surface area contributed by atoms with Crippen LogP contribution in [0.15, 0.2) is 78.4 Å². The number of aryl methyl sites for hydroxylation is 1. The van der Waals surface area contributed by atoms with E-state index in [2.05, 4.69) is 5.32 Å². The van der Waals surface area contributed by atoms with E-state index in [0.29, 0.717) is 22.4 Å². The third-order valence-corrected chi connectivity index (χ3v) is 4.89. The summed E-state index contributed by atoms with van der Waals surface area (Å²) in [7, 11) is 0. The summed E-state index contributed by atoms with van der Waals surface area (Å²) in [6, 6.07) is 21.2. The lowest BCUT2D eigenvalue weighted by atomic mass is 10.1. The van der Waals surface area contributed by atoms with Crippen LogP contribution in [0.5, 0.6) is 5.75 Å². The summed E-state index contributed by atoms with van der Waals surface area (Å²) < 4.78 is 5.53. The molecule has 1 aliphatic rings. The van der Waals surface area contributed by atoms with Crippen molar-refractivity contribution in [1.29, 1.82) is 0 Å². The van der Waals surface area contributed by atoms with Gasteiger partial charge in [0.15, 0.2) is 18.2 Å². The minimum atomic E-state index is -0.260. The van der Waals surface area contributed by atoms with Crippen LogP contribution in [0.25, 0.3) is 6.08 Å². The Kier molecular flexibility index (Phi) is 5.26. The highest BCUT2D eigenvalue weighted by molar-refractivity contribution is 6.41. The number of anilines is 1. The second-order valence-corrected chi connectivity index (χ2v) is 6.98. The van der Waals surface area contributed by atoms with E-state index in [1.807, 2.05) is 31.2 Å². The van der Waals surface area contributed by atoms with Gasteiger partial charge in [0.25, 0.3) is 5.91 Å². The van der Waals surface area contributed by atoms with Crippen LogP contribution in [0.4, 0.5) is 5.69 Å². The standard InChI is InChI=1S/C25H19NO4/c1-16-6-2-5-9-22(16)26-23(27)15-30-18-12-10-17(11-13-18)14-21-24(28)19-7-3-4-8-20(19)25(21)29/h2-14H,15H2,1H3,(H,26,27). The number of rotatable bonds is 5. The van der Waals surface area contributed by atoms with Crippen molar-refractivity contribution in [2.75, 3.05) is 11.9 Å². The van der Waals surface area contributed by atoms with Gasteiger partial charge in [-0.05, 0) is 42.3 Å². The summed E-state index contributed by atoms with van der Waals surface area (Å²) in [5.74, 6) is -0.257. The Morgan fingerprint density at radius 1 is 0.867 bits per heavy atom. The number of nitrogens with one attached hydrogen (secondary N) is 1. The number of carbonyl (C=O) groups is 3. The summed E-state index contributed by atoms with van der Waals surface area (Å²) in [6.45, 7) is 1.79. The lowest BCUT2D eigenvalue weighted by Gasteiger charge is -2.09. The number of benzene rings is 3. The molecule has 0 aromatic heterocycles. The minimum Gasteiger partial charge on any atom is -0.484 e. The summed E-state index contributed by atoms with van der Waals surface area (Å²) >= 11 is 0. The van der Waals surface area contributed by atoms with Crippen molar-refractivity contribution in [2.45, 2.75) is 6.92 Å². The Labute approximate surface area is 174 Å². The molecule has 148 valence electrons. The molecule has 4 rings (SSSR count). The van der Waals surface area contributed by atoms with Crippen LogP contribution in [-0.2, 0) is 4.79 Å². The van der Waals surface area contributed by atoms with Crippen molar-refractivity contribution >= 4 is 29.2 Å². The van der Waals surface area contributed by atoms with Gasteiger partial charge >= 0.3 is 0 Å². The lowest BCUT2D eigenvalue weighted by Crippen LogP contribution is -2.20. The smallest absolute Gasteiger partial charge is 0.262 e. The van der Waals surface area contributed by atoms with Crippen LogP contribution in [0, 0.1) is 6.92 Å². The van der Waals surface area contributed by atoms with E-state index in [1.54, 1.807) is 54.6 Å². The SMILES string of the molecule is Cc1ccccc1NC(=O)COc1ccc(C=C2C(=O)c3ccccc3C2=O)cc1. The van der Waals surface area contributed by atoms with E-state index in [-0.39, 0.29) is 29.7 Å². The van der Waals surface area contributed by atoms with Gasteiger partial charge in [0, 0.05) is 16.8 Å². The first-order valence-corrected chi connectivity index (χ1v) is 9.51. The van der Waals surface area contributed by atoms with Crippen LogP contribution >= 0.6 is 0 Å². The lowest BCUT2D eigenvalue weighted by molar-refractivity contribution is -0.118. The maximum absolute atomic E-state index is 12.5. The summed E-state index contributed by atoms with van der Waals surface area (Å²) in [5.41, 5.74) is 3.46. The molecule has 1 amide bonds. The Bertz CT molecular complexity index is 1140. The molecular weight excluding hydrogens is 378 g/mol. The van der Waals surface area contributed by atoms with E-state index in [4.69, 9.17) is 4.74 Å².